The van der Waals surface area contributed by atoms with Crippen LogP contribution in [0.25, 0.3) is 0 Å². The van der Waals surface area contributed by atoms with Gasteiger partial charge in [0.25, 0.3) is 0 Å². The third-order valence-corrected chi connectivity index (χ3v) is 3.14. The minimum atomic E-state index is -1.14. The van der Waals surface area contributed by atoms with Gasteiger partial charge in [0.15, 0.2) is 5.69 Å². The molecule has 1 aromatic heterocycles. The van der Waals surface area contributed by atoms with Crippen molar-refractivity contribution >= 4 is 29.2 Å². The van der Waals surface area contributed by atoms with Gasteiger partial charge in [0.05, 0.1) is 5.69 Å². The van der Waals surface area contributed by atoms with Gasteiger partial charge in [0.2, 0.25) is 5.91 Å². The van der Waals surface area contributed by atoms with Crippen LogP contribution in [0.2, 0.25) is 0 Å². The van der Waals surface area contributed by atoms with Crippen molar-refractivity contribution < 1.29 is 14.7 Å². The Bertz CT molecular complexity index is 464. The minimum Gasteiger partial charge on any atom is -0.476 e. The number of aromatic nitrogens is 1. The number of nitrogens with zero attached hydrogens (tertiary/aromatic N) is 2. The molecule has 1 atom stereocenters. The van der Waals surface area contributed by atoms with E-state index in [4.69, 9.17) is 16.7 Å². The lowest BCUT2D eigenvalue weighted by molar-refractivity contribution is -0.117. The average molecular weight is 255 g/mol. The smallest absolute Gasteiger partial charge is 0.356 e. The second kappa shape index (κ2) is 4.71. The lowest BCUT2D eigenvalue weighted by Gasteiger charge is -2.17. The largest absolute Gasteiger partial charge is 0.476 e. The molecule has 1 aliphatic rings. The van der Waals surface area contributed by atoms with Crippen molar-refractivity contribution in [1.29, 1.82) is 0 Å². The van der Waals surface area contributed by atoms with Gasteiger partial charge in [0.1, 0.15) is 0 Å². The molecule has 90 valence electrons. The molecule has 1 saturated heterocycles. The van der Waals surface area contributed by atoms with E-state index in [0.29, 0.717) is 24.5 Å². The van der Waals surface area contributed by atoms with Crippen LogP contribution in [-0.4, -0.2) is 34.4 Å². The van der Waals surface area contributed by atoms with Crippen LogP contribution in [0.15, 0.2) is 18.3 Å². The zero-order valence-electron chi connectivity index (χ0n) is 8.97. The molecule has 1 aromatic rings. The Hall–Kier alpha value is -1.62. The van der Waals surface area contributed by atoms with E-state index >= 15 is 0 Å². The predicted molar refractivity (Wildman–Crippen MR) is 62.4 cm³/mol. The second-order valence-electron chi connectivity index (χ2n) is 3.91. The van der Waals surface area contributed by atoms with Gasteiger partial charge >= 0.3 is 5.97 Å². The highest BCUT2D eigenvalue weighted by Gasteiger charge is 2.32. The number of carboxylic acids is 1. The fourth-order valence-corrected chi connectivity index (χ4v) is 2.10. The normalized spacial score (nSPS) is 19.7. The highest BCUT2D eigenvalue weighted by molar-refractivity contribution is 6.18. The first-order valence-electron chi connectivity index (χ1n) is 5.18. The molecule has 0 aromatic carbocycles. The van der Waals surface area contributed by atoms with E-state index in [2.05, 4.69) is 4.98 Å². The molecule has 0 saturated carbocycles. The Morgan fingerprint density at radius 1 is 1.65 bits per heavy atom. The highest BCUT2D eigenvalue weighted by atomic mass is 35.5. The van der Waals surface area contributed by atoms with Crippen LogP contribution < -0.4 is 4.90 Å². The van der Waals surface area contributed by atoms with Crippen molar-refractivity contribution in [2.45, 2.75) is 6.42 Å². The summed E-state index contributed by atoms with van der Waals surface area (Å²) in [7, 11) is 0. The number of carboxylic acid groups (broad SMARTS) is 1. The van der Waals surface area contributed by atoms with E-state index in [9.17, 15) is 9.59 Å². The van der Waals surface area contributed by atoms with Crippen LogP contribution in [0.3, 0.4) is 0 Å². The van der Waals surface area contributed by atoms with Crippen LogP contribution in [0.1, 0.15) is 16.9 Å². The fraction of sp³-hybridized carbons (Fsp3) is 0.364. The lowest BCUT2D eigenvalue weighted by atomic mass is 10.1. The number of alkyl halides is 1. The van der Waals surface area contributed by atoms with Crippen LogP contribution in [0, 0.1) is 5.92 Å². The van der Waals surface area contributed by atoms with Crippen molar-refractivity contribution in [3.63, 3.8) is 0 Å². The average Bonchev–Trinajstić information content (AvgIpc) is 2.70. The van der Waals surface area contributed by atoms with E-state index in [0.717, 1.165) is 0 Å². The SMILES string of the molecule is O=C(O)c1ncccc1N1CC(CCl)CC1=O. The molecule has 1 amide bonds. The number of carbonyl (C=O) groups excluding carboxylic acids is 1. The molecule has 2 rings (SSSR count). The summed E-state index contributed by atoms with van der Waals surface area (Å²) in [5, 5.41) is 9.01. The second-order valence-corrected chi connectivity index (χ2v) is 4.21. The monoisotopic (exact) mass is 254 g/mol. The molecule has 2 heterocycles. The Labute approximate surface area is 103 Å². The number of halogens is 1. The number of rotatable bonds is 3. The third kappa shape index (κ3) is 2.24. The molecule has 5 nitrogen and oxygen atoms in total. The quantitative estimate of drug-likeness (QED) is 0.827. The van der Waals surface area contributed by atoms with Crippen molar-refractivity contribution in [1.82, 2.24) is 4.98 Å². The number of amides is 1. The van der Waals surface area contributed by atoms with Crippen molar-refractivity contribution in [3.05, 3.63) is 24.0 Å². The first-order chi connectivity index (χ1) is 8.13. The topological polar surface area (TPSA) is 70.5 Å². The molecule has 1 N–H and O–H groups in total. The van der Waals surface area contributed by atoms with Crippen LogP contribution >= 0.6 is 11.6 Å². The summed E-state index contributed by atoms with van der Waals surface area (Å²) >= 11 is 5.72. The molecule has 17 heavy (non-hydrogen) atoms. The Kier molecular flexibility index (Phi) is 3.28. The van der Waals surface area contributed by atoms with Crippen LogP contribution in [0.5, 0.6) is 0 Å². The summed E-state index contributed by atoms with van der Waals surface area (Å²) in [5.74, 6) is -0.773. The first kappa shape index (κ1) is 11.9. The van der Waals surface area contributed by atoms with Crippen molar-refractivity contribution in [3.8, 4) is 0 Å². The van der Waals surface area contributed by atoms with E-state index < -0.39 is 5.97 Å². The van der Waals surface area contributed by atoms with Gasteiger partial charge in [-0.2, -0.15) is 0 Å². The maximum absolute atomic E-state index is 11.8. The van der Waals surface area contributed by atoms with Crippen LogP contribution in [0.4, 0.5) is 5.69 Å². The molecular weight excluding hydrogens is 244 g/mol. The maximum Gasteiger partial charge on any atom is 0.356 e. The number of pyridine rings is 1. The molecule has 0 radical (unpaired) electrons. The first-order valence-corrected chi connectivity index (χ1v) is 5.71. The van der Waals surface area contributed by atoms with Gasteiger partial charge in [0, 0.05) is 25.0 Å². The van der Waals surface area contributed by atoms with Gasteiger partial charge in [-0.25, -0.2) is 9.78 Å². The maximum atomic E-state index is 11.8. The molecule has 0 bridgehead atoms. The van der Waals surface area contributed by atoms with E-state index in [1.54, 1.807) is 12.1 Å². The number of aromatic carboxylic acids is 1. The summed E-state index contributed by atoms with van der Waals surface area (Å²) in [5.41, 5.74) is 0.244. The van der Waals surface area contributed by atoms with E-state index in [1.807, 2.05) is 0 Å². The zero-order valence-corrected chi connectivity index (χ0v) is 9.72. The lowest BCUT2D eigenvalue weighted by Crippen LogP contribution is -2.27. The highest BCUT2D eigenvalue weighted by Crippen LogP contribution is 2.27. The summed E-state index contributed by atoms with van der Waals surface area (Å²) in [6.07, 6.45) is 1.75. The minimum absolute atomic E-state index is 0.0750. The summed E-state index contributed by atoms with van der Waals surface area (Å²) < 4.78 is 0. The molecule has 0 spiro atoms. The van der Waals surface area contributed by atoms with Gasteiger partial charge in [-0.1, -0.05) is 0 Å². The predicted octanol–water partition coefficient (Wildman–Crippen LogP) is 1.37. The molecule has 6 heteroatoms. The molecule has 1 fully saturated rings. The third-order valence-electron chi connectivity index (χ3n) is 2.70. The standard InChI is InChI=1S/C11H11ClN2O3/c12-5-7-4-9(15)14(6-7)8-2-1-3-13-10(8)11(16)17/h1-3,7H,4-6H2,(H,16,17). The van der Waals surface area contributed by atoms with E-state index in [-0.39, 0.29) is 17.5 Å². The van der Waals surface area contributed by atoms with E-state index in [1.165, 1.54) is 11.1 Å². The number of hydrogen-bond donors (Lipinski definition) is 1. The van der Waals surface area contributed by atoms with Gasteiger partial charge in [-0.05, 0) is 18.1 Å². The Morgan fingerprint density at radius 2 is 2.41 bits per heavy atom. The zero-order chi connectivity index (χ0) is 12.4. The summed E-state index contributed by atoms with van der Waals surface area (Å²) in [4.78, 5) is 28.0. The molecule has 1 unspecified atom stereocenters. The van der Waals surface area contributed by atoms with Crippen molar-refractivity contribution in [2.24, 2.45) is 5.92 Å². The number of hydrogen-bond acceptors (Lipinski definition) is 3. The van der Waals surface area contributed by atoms with Crippen LogP contribution in [-0.2, 0) is 4.79 Å². The molecule has 0 aliphatic carbocycles. The summed E-state index contributed by atoms with van der Waals surface area (Å²) in [6, 6.07) is 3.20. The van der Waals surface area contributed by atoms with Gasteiger partial charge in [-0.15, -0.1) is 11.6 Å². The van der Waals surface area contributed by atoms with Crippen molar-refractivity contribution in [2.75, 3.05) is 17.3 Å². The summed E-state index contributed by atoms with van der Waals surface area (Å²) in [6.45, 7) is 0.453. The Morgan fingerprint density at radius 3 is 3.00 bits per heavy atom. The number of anilines is 1. The number of carbonyl (C=O) groups is 2. The van der Waals surface area contributed by atoms with Gasteiger partial charge < -0.3 is 10.0 Å². The fourth-order valence-electron chi connectivity index (χ4n) is 1.90. The van der Waals surface area contributed by atoms with Gasteiger partial charge in [-0.3, -0.25) is 4.79 Å². The molecule has 1 aliphatic heterocycles. The molecular formula is C11H11ClN2O3. The Balaban J connectivity index is 2.35.